The SMILES string of the molecule is CC(=O)c1cccc(OC(C)C(=O)NCCC(=O)O)c1. The number of benzene rings is 1. The molecule has 0 aliphatic heterocycles. The highest BCUT2D eigenvalue weighted by atomic mass is 16.5. The van der Waals surface area contributed by atoms with Crippen LogP contribution in [0.4, 0.5) is 0 Å². The molecule has 20 heavy (non-hydrogen) atoms. The molecule has 108 valence electrons. The van der Waals surface area contributed by atoms with Crippen LogP contribution in [0, 0.1) is 0 Å². The summed E-state index contributed by atoms with van der Waals surface area (Å²) in [6.07, 6.45) is -0.913. The molecule has 1 amide bonds. The Balaban J connectivity index is 2.54. The van der Waals surface area contributed by atoms with Gasteiger partial charge in [-0.05, 0) is 26.0 Å². The van der Waals surface area contributed by atoms with Crippen molar-refractivity contribution in [2.75, 3.05) is 6.54 Å². The van der Waals surface area contributed by atoms with Gasteiger partial charge >= 0.3 is 5.97 Å². The highest BCUT2D eigenvalue weighted by Crippen LogP contribution is 2.15. The van der Waals surface area contributed by atoms with E-state index < -0.39 is 18.0 Å². The molecule has 6 nitrogen and oxygen atoms in total. The van der Waals surface area contributed by atoms with Crippen LogP contribution in [-0.2, 0) is 9.59 Å². The van der Waals surface area contributed by atoms with E-state index in [1.807, 2.05) is 0 Å². The monoisotopic (exact) mass is 279 g/mol. The number of ether oxygens (including phenoxy) is 1. The van der Waals surface area contributed by atoms with Gasteiger partial charge in [0.25, 0.3) is 5.91 Å². The summed E-state index contributed by atoms with van der Waals surface area (Å²) in [6, 6.07) is 6.53. The van der Waals surface area contributed by atoms with Gasteiger partial charge in [-0.1, -0.05) is 12.1 Å². The number of carbonyl (C=O) groups excluding carboxylic acids is 2. The van der Waals surface area contributed by atoms with Gasteiger partial charge in [0.15, 0.2) is 11.9 Å². The van der Waals surface area contributed by atoms with Crippen molar-refractivity contribution >= 4 is 17.7 Å². The molecule has 0 spiro atoms. The summed E-state index contributed by atoms with van der Waals surface area (Å²) in [7, 11) is 0. The predicted molar refractivity (Wildman–Crippen MR) is 71.8 cm³/mol. The lowest BCUT2D eigenvalue weighted by Crippen LogP contribution is -2.37. The van der Waals surface area contributed by atoms with Crippen molar-refractivity contribution in [3.63, 3.8) is 0 Å². The number of hydrogen-bond acceptors (Lipinski definition) is 4. The molecule has 1 atom stereocenters. The summed E-state index contributed by atoms with van der Waals surface area (Å²) in [4.78, 5) is 33.2. The van der Waals surface area contributed by atoms with Crippen molar-refractivity contribution in [3.8, 4) is 5.75 Å². The van der Waals surface area contributed by atoms with Crippen molar-refractivity contribution < 1.29 is 24.2 Å². The quantitative estimate of drug-likeness (QED) is 0.733. The van der Waals surface area contributed by atoms with E-state index >= 15 is 0 Å². The van der Waals surface area contributed by atoms with Gasteiger partial charge < -0.3 is 15.2 Å². The number of aliphatic carboxylic acids is 1. The van der Waals surface area contributed by atoms with Gasteiger partial charge in [0.1, 0.15) is 5.75 Å². The molecule has 0 bridgehead atoms. The molecular weight excluding hydrogens is 262 g/mol. The minimum Gasteiger partial charge on any atom is -0.481 e. The van der Waals surface area contributed by atoms with Crippen LogP contribution >= 0.6 is 0 Å². The summed E-state index contributed by atoms with van der Waals surface area (Å²) in [5, 5.41) is 10.9. The van der Waals surface area contributed by atoms with E-state index in [2.05, 4.69) is 5.32 Å². The number of Topliss-reactive ketones (excluding diaryl/α,β-unsaturated/α-hetero) is 1. The number of ketones is 1. The molecule has 1 aromatic rings. The number of carboxylic acids is 1. The first kappa shape index (κ1) is 15.7. The summed E-state index contributed by atoms with van der Waals surface area (Å²) in [5.74, 6) is -1.06. The fourth-order valence-corrected chi connectivity index (χ4v) is 1.48. The van der Waals surface area contributed by atoms with Crippen molar-refractivity contribution in [3.05, 3.63) is 29.8 Å². The highest BCUT2D eigenvalue weighted by molar-refractivity contribution is 5.94. The van der Waals surface area contributed by atoms with Gasteiger partial charge in [0, 0.05) is 12.1 Å². The fourth-order valence-electron chi connectivity index (χ4n) is 1.48. The molecule has 2 N–H and O–H groups in total. The van der Waals surface area contributed by atoms with Gasteiger partial charge in [-0.25, -0.2) is 0 Å². The van der Waals surface area contributed by atoms with Crippen LogP contribution in [0.1, 0.15) is 30.6 Å². The predicted octanol–water partition coefficient (Wildman–Crippen LogP) is 1.25. The van der Waals surface area contributed by atoms with E-state index in [-0.39, 0.29) is 18.7 Å². The molecule has 0 aliphatic rings. The Morgan fingerprint density at radius 1 is 1.35 bits per heavy atom. The maximum atomic E-state index is 11.7. The molecule has 0 aliphatic carbocycles. The first-order chi connectivity index (χ1) is 9.40. The van der Waals surface area contributed by atoms with E-state index in [0.717, 1.165) is 0 Å². The molecule has 6 heteroatoms. The molecular formula is C14H17NO5. The summed E-state index contributed by atoms with van der Waals surface area (Å²) < 4.78 is 5.41. The Labute approximate surface area is 116 Å². The summed E-state index contributed by atoms with van der Waals surface area (Å²) in [6.45, 7) is 3.05. The molecule has 0 radical (unpaired) electrons. The third-order valence-electron chi connectivity index (χ3n) is 2.56. The van der Waals surface area contributed by atoms with Gasteiger partial charge in [0.05, 0.1) is 6.42 Å². The van der Waals surface area contributed by atoms with E-state index in [0.29, 0.717) is 11.3 Å². The summed E-state index contributed by atoms with van der Waals surface area (Å²) in [5.41, 5.74) is 0.501. The minimum atomic E-state index is -0.979. The van der Waals surface area contributed by atoms with Crippen LogP contribution in [0.2, 0.25) is 0 Å². The van der Waals surface area contributed by atoms with Crippen molar-refractivity contribution in [2.24, 2.45) is 0 Å². The maximum absolute atomic E-state index is 11.7. The van der Waals surface area contributed by atoms with Crippen LogP contribution in [-0.4, -0.2) is 35.4 Å². The lowest BCUT2D eigenvalue weighted by atomic mass is 10.1. The Hall–Kier alpha value is -2.37. The first-order valence-corrected chi connectivity index (χ1v) is 6.17. The fraction of sp³-hybridized carbons (Fsp3) is 0.357. The molecule has 0 fully saturated rings. The largest absolute Gasteiger partial charge is 0.481 e. The first-order valence-electron chi connectivity index (χ1n) is 6.17. The van der Waals surface area contributed by atoms with Crippen LogP contribution in [0.5, 0.6) is 5.75 Å². The Morgan fingerprint density at radius 3 is 2.65 bits per heavy atom. The third-order valence-corrected chi connectivity index (χ3v) is 2.56. The second-order valence-corrected chi connectivity index (χ2v) is 4.28. The van der Waals surface area contributed by atoms with Crippen LogP contribution in [0.3, 0.4) is 0 Å². The van der Waals surface area contributed by atoms with Crippen LogP contribution in [0.15, 0.2) is 24.3 Å². The van der Waals surface area contributed by atoms with E-state index in [4.69, 9.17) is 9.84 Å². The van der Waals surface area contributed by atoms with Gasteiger partial charge in [-0.2, -0.15) is 0 Å². The zero-order valence-electron chi connectivity index (χ0n) is 11.4. The summed E-state index contributed by atoms with van der Waals surface area (Å²) >= 11 is 0. The number of rotatable bonds is 7. The topological polar surface area (TPSA) is 92.7 Å². The molecule has 1 aromatic carbocycles. The maximum Gasteiger partial charge on any atom is 0.305 e. The van der Waals surface area contributed by atoms with Crippen LogP contribution < -0.4 is 10.1 Å². The molecule has 0 saturated heterocycles. The lowest BCUT2D eigenvalue weighted by molar-refractivity contribution is -0.137. The van der Waals surface area contributed by atoms with Crippen molar-refractivity contribution in [2.45, 2.75) is 26.4 Å². The van der Waals surface area contributed by atoms with Crippen LogP contribution in [0.25, 0.3) is 0 Å². The average Bonchev–Trinajstić information content (AvgIpc) is 2.38. The number of nitrogens with one attached hydrogen (secondary N) is 1. The molecule has 0 saturated carbocycles. The number of amides is 1. The highest BCUT2D eigenvalue weighted by Gasteiger charge is 2.15. The zero-order chi connectivity index (χ0) is 15.1. The third kappa shape index (κ3) is 5.09. The van der Waals surface area contributed by atoms with Crippen molar-refractivity contribution in [1.29, 1.82) is 0 Å². The number of carbonyl (C=O) groups is 3. The number of hydrogen-bond donors (Lipinski definition) is 2. The van der Waals surface area contributed by atoms with E-state index in [9.17, 15) is 14.4 Å². The molecule has 0 heterocycles. The Kier molecular flexibility index (Phi) is 5.71. The zero-order valence-corrected chi connectivity index (χ0v) is 11.4. The molecule has 1 rings (SSSR count). The smallest absolute Gasteiger partial charge is 0.305 e. The van der Waals surface area contributed by atoms with Gasteiger partial charge in [-0.15, -0.1) is 0 Å². The Morgan fingerprint density at radius 2 is 2.05 bits per heavy atom. The standard InChI is InChI=1S/C14H17NO5/c1-9(16)11-4-3-5-12(8-11)20-10(2)14(19)15-7-6-13(17)18/h3-5,8,10H,6-7H2,1-2H3,(H,15,19)(H,17,18). The average molecular weight is 279 g/mol. The minimum absolute atomic E-state index is 0.0509. The van der Waals surface area contributed by atoms with E-state index in [1.165, 1.54) is 6.92 Å². The van der Waals surface area contributed by atoms with Crippen molar-refractivity contribution in [1.82, 2.24) is 5.32 Å². The number of carboxylic acid groups (broad SMARTS) is 1. The Bertz CT molecular complexity index is 512. The van der Waals surface area contributed by atoms with E-state index in [1.54, 1.807) is 31.2 Å². The van der Waals surface area contributed by atoms with Gasteiger partial charge in [0.2, 0.25) is 0 Å². The van der Waals surface area contributed by atoms with Gasteiger partial charge in [-0.3, -0.25) is 14.4 Å². The normalized spacial score (nSPS) is 11.5. The molecule has 0 aromatic heterocycles. The lowest BCUT2D eigenvalue weighted by Gasteiger charge is -2.14. The molecule has 1 unspecified atom stereocenters. The second kappa shape index (κ2) is 7.28. The second-order valence-electron chi connectivity index (χ2n) is 4.28.